The Bertz CT molecular complexity index is 207. The maximum atomic E-state index is 9.99. The van der Waals surface area contributed by atoms with Gasteiger partial charge in [-0.3, -0.25) is 0 Å². The Kier molecular flexibility index (Phi) is 4.14. The van der Waals surface area contributed by atoms with Crippen molar-refractivity contribution in [2.24, 2.45) is 0 Å². The summed E-state index contributed by atoms with van der Waals surface area (Å²) in [4.78, 5) is 9.99. The topological polar surface area (TPSA) is 17.1 Å². The van der Waals surface area contributed by atoms with Gasteiger partial charge in [0.1, 0.15) is 6.29 Å². The fourth-order valence-electron chi connectivity index (χ4n) is 1.17. The number of unbranched alkanes of at least 4 members (excludes halogenated alkanes) is 3. The van der Waals surface area contributed by atoms with Gasteiger partial charge in [-0.2, -0.15) is 0 Å². The molecule has 12 heavy (non-hydrogen) atoms. The van der Waals surface area contributed by atoms with Crippen molar-refractivity contribution in [1.29, 1.82) is 0 Å². The van der Waals surface area contributed by atoms with E-state index in [2.05, 4.69) is 18.2 Å². The highest BCUT2D eigenvalue weighted by Gasteiger charge is 1.90. The molecule has 1 aliphatic rings. The van der Waals surface area contributed by atoms with Crippen molar-refractivity contribution >= 4 is 6.29 Å². The van der Waals surface area contributed by atoms with Crippen LogP contribution in [-0.4, -0.2) is 6.29 Å². The molecule has 1 aliphatic carbocycles. The van der Waals surface area contributed by atoms with E-state index in [0.717, 1.165) is 25.5 Å². The molecule has 64 valence electrons. The first kappa shape index (κ1) is 8.98. The molecule has 0 aliphatic heterocycles. The summed E-state index contributed by atoms with van der Waals surface area (Å²) in [5, 5.41) is 0. The second-order valence-corrected chi connectivity index (χ2v) is 2.87. The number of hydrogen-bond acceptors (Lipinski definition) is 1. The van der Waals surface area contributed by atoms with Gasteiger partial charge in [0.25, 0.3) is 0 Å². The summed E-state index contributed by atoms with van der Waals surface area (Å²) in [6, 6.07) is 0. The molecule has 1 heteroatoms. The quantitative estimate of drug-likeness (QED) is 0.448. The van der Waals surface area contributed by atoms with Gasteiger partial charge >= 0.3 is 0 Å². The van der Waals surface area contributed by atoms with Crippen LogP contribution in [0.2, 0.25) is 0 Å². The Hall–Kier alpha value is -1.11. The van der Waals surface area contributed by atoms with E-state index in [-0.39, 0.29) is 0 Å². The van der Waals surface area contributed by atoms with Crippen LogP contribution in [-0.2, 0) is 4.79 Å². The van der Waals surface area contributed by atoms with Crippen LogP contribution in [0.15, 0.2) is 36.0 Å². The van der Waals surface area contributed by atoms with Crippen molar-refractivity contribution in [2.75, 3.05) is 0 Å². The fourth-order valence-corrected chi connectivity index (χ4v) is 1.17. The predicted molar refractivity (Wildman–Crippen MR) is 50.9 cm³/mol. The van der Waals surface area contributed by atoms with Gasteiger partial charge in [-0.05, 0) is 24.8 Å². The third-order valence-electron chi connectivity index (χ3n) is 1.84. The summed E-state index contributed by atoms with van der Waals surface area (Å²) in [7, 11) is 0. The van der Waals surface area contributed by atoms with Crippen molar-refractivity contribution in [3.63, 3.8) is 0 Å². The highest BCUT2D eigenvalue weighted by molar-refractivity contribution is 5.48. The van der Waals surface area contributed by atoms with Crippen molar-refractivity contribution in [1.82, 2.24) is 0 Å². The van der Waals surface area contributed by atoms with Gasteiger partial charge in [-0.1, -0.05) is 30.4 Å². The first-order chi connectivity index (χ1) is 5.93. The van der Waals surface area contributed by atoms with Crippen LogP contribution in [0.5, 0.6) is 0 Å². The lowest BCUT2D eigenvalue weighted by atomic mass is 10.1. The van der Waals surface area contributed by atoms with Gasteiger partial charge in [0.2, 0.25) is 0 Å². The highest BCUT2D eigenvalue weighted by Crippen LogP contribution is 2.09. The zero-order chi connectivity index (χ0) is 8.65. The molecule has 0 unspecified atom stereocenters. The van der Waals surface area contributed by atoms with Gasteiger partial charge in [0.15, 0.2) is 0 Å². The van der Waals surface area contributed by atoms with Crippen molar-refractivity contribution in [3.05, 3.63) is 36.0 Å². The molecule has 0 aromatic heterocycles. The van der Waals surface area contributed by atoms with E-state index in [1.165, 1.54) is 5.57 Å². The second-order valence-electron chi connectivity index (χ2n) is 2.87. The van der Waals surface area contributed by atoms with Crippen LogP contribution in [0.4, 0.5) is 0 Å². The van der Waals surface area contributed by atoms with E-state index in [0.29, 0.717) is 6.42 Å². The number of carbonyl (C=O) groups excluding carboxylic acids is 1. The predicted octanol–water partition coefficient (Wildman–Crippen LogP) is 2.80. The van der Waals surface area contributed by atoms with Crippen molar-refractivity contribution < 1.29 is 4.79 Å². The van der Waals surface area contributed by atoms with E-state index in [1.807, 2.05) is 12.2 Å². The molecule has 0 N–H and O–H groups in total. The molecule has 0 bridgehead atoms. The summed E-state index contributed by atoms with van der Waals surface area (Å²) in [5.74, 6) is 0. The number of rotatable bonds is 5. The molecule has 1 nitrogen and oxygen atoms in total. The van der Waals surface area contributed by atoms with Gasteiger partial charge in [-0.25, -0.2) is 0 Å². The first-order valence-corrected chi connectivity index (χ1v) is 4.42. The minimum Gasteiger partial charge on any atom is -0.303 e. The molecule has 0 amide bonds. The van der Waals surface area contributed by atoms with E-state index in [1.54, 1.807) is 0 Å². The van der Waals surface area contributed by atoms with Crippen LogP contribution in [0.25, 0.3) is 0 Å². The normalized spacial score (nSPS) is 13.8. The number of allylic oxidation sites excluding steroid dienone is 6. The number of hydrogen-bond donors (Lipinski definition) is 0. The molecule has 1 rings (SSSR count). The van der Waals surface area contributed by atoms with Crippen LogP contribution >= 0.6 is 0 Å². The molecule has 0 heterocycles. The molecular weight excluding hydrogens is 148 g/mol. The van der Waals surface area contributed by atoms with Gasteiger partial charge < -0.3 is 4.79 Å². The largest absolute Gasteiger partial charge is 0.303 e. The fraction of sp³-hybridized carbons (Fsp3) is 0.364. The maximum absolute atomic E-state index is 9.99. The Morgan fingerprint density at radius 3 is 2.42 bits per heavy atom. The van der Waals surface area contributed by atoms with Gasteiger partial charge in [-0.15, -0.1) is 0 Å². The Morgan fingerprint density at radius 1 is 1.08 bits per heavy atom. The molecular formula is C11H14O. The lowest BCUT2D eigenvalue weighted by molar-refractivity contribution is -0.107. The molecule has 0 spiro atoms. The van der Waals surface area contributed by atoms with E-state index in [9.17, 15) is 4.79 Å². The zero-order valence-corrected chi connectivity index (χ0v) is 7.20. The number of carbonyl (C=O) groups is 1. The second kappa shape index (κ2) is 5.53. The molecule has 0 saturated carbocycles. The van der Waals surface area contributed by atoms with Gasteiger partial charge in [0.05, 0.1) is 0 Å². The van der Waals surface area contributed by atoms with Crippen LogP contribution in [0.1, 0.15) is 25.7 Å². The zero-order valence-electron chi connectivity index (χ0n) is 7.20. The summed E-state index contributed by atoms with van der Waals surface area (Å²) in [5.41, 5.74) is 1.29. The Morgan fingerprint density at radius 2 is 1.75 bits per heavy atom. The summed E-state index contributed by atoms with van der Waals surface area (Å²) < 4.78 is 0. The third-order valence-corrected chi connectivity index (χ3v) is 1.84. The first-order valence-electron chi connectivity index (χ1n) is 4.42. The Labute approximate surface area is 73.5 Å². The van der Waals surface area contributed by atoms with E-state index >= 15 is 0 Å². The summed E-state index contributed by atoms with van der Waals surface area (Å²) in [6.45, 7) is 0. The smallest absolute Gasteiger partial charge is 0.119 e. The lowest BCUT2D eigenvalue weighted by Gasteiger charge is -1.92. The van der Waals surface area contributed by atoms with E-state index in [4.69, 9.17) is 0 Å². The minimum atomic E-state index is 0.703. The Balaban J connectivity index is 2.08. The summed E-state index contributed by atoms with van der Waals surface area (Å²) in [6.07, 6.45) is 15.4. The molecule has 0 aromatic carbocycles. The maximum Gasteiger partial charge on any atom is 0.119 e. The van der Waals surface area contributed by atoms with Crippen LogP contribution < -0.4 is 0 Å². The summed E-state index contributed by atoms with van der Waals surface area (Å²) >= 11 is 0. The molecule has 0 fully saturated rings. The molecule has 0 atom stereocenters. The van der Waals surface area contributed by atoms with Crippen LogP contribution in [0, 0.1) is 0 Å². The van der Waals surface area contributed by atoms with Crippen LogP contribution in [0.3, 0.4) is 0 Å². The monoisotopic (exact) mass is 162 g/mol. The minimum absolute atomic E-state index is 0.703. The lowest BCUT2D eigenvalue weighted by Crippen LogP contribution is -1.77. The average Bonchev–Trinajstić information content (AvgIpc) is 2.57. The highest BCUT2D eigenvalue weighted by atomic mass is 16.1. The van der Waals surface area contributed by atoms with Crippen molar-refractivity contribution in [3.8, 4) is 0 Å². The molecule has 0 radical (unpaired) electrons. The van der Waals surface area contributed by atoms with E-state index < -0.39 is 0 Å². The average molecular weight is 162 g/mol. The third kappa shape index (κ3) is 3.33. The molecule has 0 saturated heterocycles. The SMILES string of the molecule is O=CCCCCC=C1C=CC=C1. The van der Waals surface area contributed by atoms with Gasteiger partial charge in [0, 0.05) is 6.42 Å². The molecule has 0 aromatic rings. The van der Waals surface area contributed by atoms with Crippen molar-refractivity contribution in [2.45, 2.75) is 25.7 Å². The standard InChI is InChI=1S/C11H14O/c12-10-6-2-1-3-7-11-8-4-5-9-11/h4-5,7-10H,1-3,6H2. The number of aldehydes is 1.